The normalized spacial score (nSPS) is 20.4. The van der Waals surface area contributed by atoms with Crippen LogP contribution < -0.4 is 4.90 Å². The van der Waals surface area contributed by atoms with Crippen LogP contribution in [0.1, 0.15) is 24.6 Å². The average Bonchev–Trinajstić information content (AvgIpc) is 3.35. The van der Waals surface area contributed by atoms with E-state index in [9.17, 15) is 4.79 Å². The Labute approximate surface area is 148 Å². The molecule has 0 aliphatic carbocycles. The molecule has 1 fully saturated rings. The summed E-state index contributed by atoms with van der Waals surface area (Å²) < 4.78 is 3.43. The molecule has 0 unspecified atom stereocenters. The number of carbonyl (C=O) groups excluding carboxylic acids is 1. The largest absolute Gasteiger partial charge is 0.347 e. The average molecular weight is 354 g/mol. The van der Waals surface area contributed by atoms with Crippen molar-refractivity contribution in [2.24, 2.45) is 0 Å². The van der Waals surface area contributed by atoms with E-state index in [0.717, 1.165) is 24.4 Å². The first-order chi connectivity index (χ1) is 12.8. The highest BCUT2D eigenvalue weighted by Crippen LogP contribution is 2.26. The summed E-state index contributed by atoms with van der Waals surface area (Å²) in [6.07, 6.45) is 5.24. The van der Waals surface area contributed by atoms with Gasteiger partial charge in [-0.25, -0.2) is 5.06 Å². The maximum atomic E-state index is 13.0. The van der Waals surface area contributed by atoms with E-state index in [2.05, 4.69) is 25.3 Å². The highest BCUT2D eigenvalue weighted by Gasteiger charge is 2.35. The van der Waals surface area contributed by atoms with Crippen molar-refractivity contribution in [2.75, 3.05) is 24.6 Å². The zero-order valence-electron chi connectivity index (χ0n) is 14.1. The lowest BCUT2D eigenvalue weighted by Crippen LogP contribution is -2.48. The van der Waals surface area contributed by atoms with E-state index in [1.165, 1.54) is 5.06 Å². The van der Waals surface area contributed by atoms with Gasteiger partial charge >= 0.3 is 0 Å². The molecule has 1 saturated heterocycles. The summed E-state index contributed by atoms with van der Waals surface area (Å²) in [7, 11) is 0. The van der Waals surface area contributed by atoms with Gasteiger partial charge in [0, 0.05) is 12.7 Å². The third kappa shape index (κ3) is 2.49. The van der Waals surface area contributed by atoms with Crippen molar-refractivity contribution < 1.29 is 9.63 Å². The number of fused-ring (bicyclic) bond motifs is 2. The minimum absolute atomic E-state index is 0.0651. The number of aromatic nitrogens is 6. The first-order valence-electron chi connectivity index (χ1n) is 8.68. The SMILES string of the molecule is O=C([C@H]1CN(c2ccc3nncn3n2)Cc2ccnn21)N1CCCCO1. The topological polar surface area (TPSA) is 93.7 Å². The standard InChI is InChI=1S/C16H18N8O2/c25-16(23-7-1-2-8-26-23)13-10-21(9-12-5-6-18-24(12)13)15-4-3-14-19-17-11-22(14)20-15/h3-6,11,13H,1-2,7-10H2/t13-/m1/s1. The van der Waals surface area contributed by atoms with Gasteiger partial charge in [-0.2, -0.15) is 9.61 Å². The van der Waals surface area contributed by atoms with Crippen molar-refractivity contribution in [3.8, 4) is 0 Å². The number of carbonyl (C=O) groups is 1. The summed E-state index contributed by atoms with van der Waals surface area (Å²) in [6.45, 7) is 2.32. The van der Waals surface area contributed by atoms with Crippen LogP contribution >= 0.6 is 0 Å². The lowest BCUT2D eigenvalue weighted by molar-refractivity contribution is -0.200. The number of rotatable bonds is 2. The molecule has 0 saturated carbocycles. The molecule has 26 heavy (non-hydrogen) atoms. The predicted molar refractivity (Wildman–Crippen MR) is 90.0 cm³/mol. The lowest BCUT2D eigenvalue weighted by Gasteiger charge is -2.36. The van der Waals surface area contributed by atoms with Crippen LogP contribution in [-0.2, 0) is 16.2 Å². The van der Waals surface area contributed by atoms with E-state index in [4.69, 9.17) is 4.84 Å². The van der Waals surface area contributed by atoms with Crippen molar-refractivity contribution >= 4 is 17.4 Å². The fourth-order valence-corrected chi connectivity index (χ4v) is 3.47. The second-order valence-electron chi connectivity index (χ2n) is 6.47. The van der Waals surface area contributed by atoms with Gasteiger partial charge in [-0.05, 0) is 31.0 Å². The maximum Gasteiger partial charge on any atom is 0.272 e. The highest BCUT2D eigenvalue weighted by molar-refractivity contribution is 5.80. The molecule has 2 aliphatic heterocycles. The summed E-state index contributed by atoms with van der Waals surface area (Å²) in [4.78, 5) is 20.7. The van der Waals surface area contributed by atoms with E-state index >= 15 is 0 Å². The smallest absolute Gasteiger partial charge is 0.272 e. The number of hydroxylamine groups is 2. The minimum Gasteiger partial charge on any atom is -0.347 e. The minimum atomic E-state index is -0.440. The van der Waals surface area contributed by atoms with Gasteiger partial charge in [0.15, 0.2) is 11.7 Å². The summed E-state index contributed by atoms with van der Waals surface area (Å²) in [5, 5.41) is 18.2. The van der Waals surface area contributed by atoms with Gasteiger partial charge < -0.3 is 4.90 Å². The number of nitrogens with zero attached hydrogens (tertiary/aromatic N) is 8. The number of amides is 1. The molecule has 3 aromatic rings. The Hall–Kier alpha value is -3.01. The monoisotopic (exact) mass is 354 g/mol. The van der Waals surface area contributed by atoms with Crippen molar-refractivity contribution in [2.45, 2.75) is 25.4 Å². The Bertz CT molecular complexity index is 945. The lowest BCUT2D eigenvalue weighted by atomic mass is 10.1. The molecule has 134 valence electrons. The summed E-state index contributed by atoms with van der Waals surface area (Å²) in [5.41, 5.74) is 1.66. The van der Waals surface area contributed by atoms with Gasteiger partial charge in [-0.15, -0.1) is 15.3 Å². The van der Waals surface area contributed by atoms with Gasteiger partial charge in [0.1, 0.15) is 12.1 Å². The van der Waals surface area contributed by atoms with Gasteiger partial charge in [-0.3, -0.25) is 14.3 Å². The van der Waals surface area contributed by atoms with E-state index in [0.29, 0.717) is 31.9 Å². The Morgan fingerprint density at radius 2 is 2.19 bits per heavy atom. The molecule has 0 N–H and O–H groups in total. The molecular formula is C16H18N8O2. The molecule has 0 bridgehead atoms. The van der Waals surface area contributed by atoms with Crippen molar-refractivity contribution in [1.82, 2.24) is 34.7 Å². The summed E-state index contributed by atoms with van der Waals surface area (Å²) in [6, 6.07) is 5.26. The fraction of sp³-hybridized carbons (Fsp3) is 0.438. The quantitative estimate of drug-likeness (QED) is 0.659. The Balaban J connectivity index is 1.47. The maximum absolute atomic E-state index is 13.0. The molecule has 10 heteroatoms. The molecular weight excluding hydrogens is 336 g/mol. The second-order valence-corrected chi connectivity index (χ2v) is 6.47. The van der Waals surface area contributed by atoms with Gasteiger partial charge in [-0.1, -0.05) is 0 Å². The zero-order valence-corrected chi connectivity index (χ0v) is 14.1. The van der Waals surface area contributed by atoms with Gasteiger partial charge in [0.2, 0.25) is 0 Å². The Morgan fingerprint density at radius 3 is 3.08 bits per heavy atom. The summed E-state index contributed by atoms with van der Waals surface area (Å²) >= 11 is 0. The number of hydrogen-bond acceptors (Lipinski definition) is 7. The second kappa shape index (κ2) is 6.06. The van der Waals surface area contributed by atoms with Crippen molar-refractivity contribution in [3.63, 3.8) is 0 Å². The van der Waals surface area contributed by atoms with Crippen LogP contribution in [0.3, 0.4) is 0 Å². The van der Waals surface area contributed by atoms with Crippen molar-refractivity contribution in [3.05, 3.63) is 36.4 Å². The Morgan fingerprint density at radius 1 is 1.23 bits per heavy atom. The first kappa shape index (κ1) is 15.3. The molecule has 2 aliphatic rings. The van der Waals surface area contributed by atoms with Crippen LogP contribution in [-0.4, -0.2) is 60.3 Å². The first-order valence-corrected chi connectivity index (χ1v) is 8.68. The van der Waals surface area contributed by atoms with E-state index in [1.54, 1.807) is 21.7 Å². The fourth-order valence-electron chi connectivity index (χ4n) is 3.47. The summed E-state index contributed by atoms with van der Waals surface area (Å²) in [5.74, 6) is 0.701. The zero-order chi connectivity index (χ0) is 17.5. The molecule has 0 spiro atoms. The third-order valence-corrected chi connectivity index (χ3v) is 4.80. The molecule has 5 rings (SSSR count). The molecule has 1 atom stereocenters. The van der Waals surface area contributed by atoms with Gasteiger partial charge in [0.25, 0.3) is 5.91 Å². The molecule has 0 radical (unpaired) electrons. The predicted octanol–water partition coefficient (Wildman–Crippen LogP) is 0.436. The molecule has 5 heterocycles. The number of hydrogen-bond donors (Lipinski definition) is 0. The van der Waals surface area contributed by atoms with Crippen LogP contribution in [0.2, 0.25) is 0 Å². The van der Waals surface area contributed by atoms with Crippen LogP contribution in [0.4, 0.5) is 5.82 Å². The number of anilines is 1. The van der Waals surface area contributed by atoms with E-state index < -0.39 is 6.04 Å². The Kier molecular flexibility index (Phi) is 3.56. The molecule has 1 amide bonds. The molecule has 10 nitrogen and oxygen atoms in total. The highest BCUT2D eigenvalue weighted by atomic mass is 16.7. The van der Waals surface area contributed by atoms with Crippen LogP contribution in [0.5, 0.6) is 0 Å². The van der Waals surface area contributed by atoms with E-state index in [1.807, 2.05) is 18.2 Å². The van der Waals surface area contributed by atoms with E-state index in [-0.39, 0.29) is 5.91 Å². The van der Waals surface area contributed by atoms with Crippen LogP contribution in [0.25, 0.3) is 5.65 Å². The van der Waals surface area contributed by atoms with Crippen LogP contribution in [0, 0.1) is 0 Å². The third-order valence-electron chi connectivity index (χ3n) is 4.80. The van der Waals surface area contributed by atoms with Crippen LogP contribution in [0.15, 0.2) is 30.7 Å². The molecule has 0 aromatic carbocycles. The van der Waals surface area contributed by atoms with Gasteiger partial charge in [0.05, 0.1) is 25.4 Å². The molecule has 3 aromatic heterocycles. The van der Waals surface area contributed by atoms with Crippen molar-refractivity contribution in [1.29, 1.82) is 0 Å².